The Labute approximate surface area is 127 Å². The van der Waals surface area contributed by atoms with Crippen LogP contribution in [0.2, 0.25) is 0 Å². The molecule has 106 valence electrons. The van der Waals surface area contributed by atoms with Crippen molar-refractivity contribution < 1.29 is 18.0 Å². The number of Topliss-reactive ketones (excluding diaryl/α,β-unsaturated/α-hetero) is 1. The van der Waals surface area contributed by atoms with Gasteiger partial charge in [0.2, 0.25) is 0 Å². The molecule has 0 fully saturated rings. The highest BCUT2D eigenvalue weighted by Crippen LogP contribution is 2.24. The summed E-state index contributed by atoms with van der Waals surface area (Å²) in [6.07, 6.45) is 0. The molecule has 0 aliphatic rings. The van der Waals surface area contributed by atoms with E-state index >= 15 is 0 Å². The van der Waals surface area contributed by atoms with Crippen LogP contribution in [0, 0.1) is 28.8 Å². The molecule has 2 rings (SSSR count). The predicted molar refractivity (Wildman–Crippen MR) is 73.1 cm³/mol. The second kappa shape index (κ2) is 6.10. The van der Waals surface area contributed by atoms with Gasteiger partial charge in [0, 0.05) is 11.6 Å². The SMILES string of the molecule is N#CC(C(=O)c1ccc(Br)c(F)c1)c1cc(F)cc(F)c1. The fourth-order valence-corrected chi connectivity index (χ4v) is 2.09. The van der Waals surface area contributed by atoms with Gasteiger partial charge in [0.1, 0.15) is 23.4 Å². The molecule has 0 saturated heterocycles. The van der Waals surface area contributed by atoms with Crippen LogP contribution >= 0.6 is 15.9 Å². The molecule has 0 N–H and O–H groups in total. The first-order valence-electron chi connectivity index (χ1n) is 5.77. The lowest BCUT2D eigenvalue weighted by Gasteiger charge is -2.09. The Morgan fingerprint density at radius 3 is 2.24 bits per heavy atom. The Balaban J connectivity index is 2.43. The lowest BCUT2D eigenvalue weighted by Crippen LogP contribution is -2.12. The number of rotatable bonds is 3. The fourth-order valence-electron chi connectivity index (χ4n) is 1.84. The summed E-state index contributed by atoms with van der Waals surface area (Å²) in [4.78, 5) is 12.2. The molecule has 0 heterocycles. The topological polar surface area (TPSA) is 40.9 Å². The molecule has 0 radical (unpaired) electrons. The first-order valence-corrected chi connectivity index (χ1v) is 6.56. The fraction of sp³-hybridized carbons (Fsp3) is 0.0667. The molecular weight excluding hydrogens is 347 g/mol. The van der Waals surface area contributed by atoms with Gasteiger partial charge in [0.05, 0.1) is 10.5 Å². The van der Waals surface area contributed by atoms with Crippen molar-refractivity contribution in [2.24, 2.45) is 0 Å². The minimum absolute atomic E-state index is 0.0491. The number of nitriles is 1. The highest BCUT2D eigenvalue weighted by atomic mass is 79.9. The molecule has 0 aliphatic heterocycles. The van der Waals surface area contributed by atoms with Crippen LogP contribution in [0.1, 0.15) is 21.8 Å². The van der Waals surface area contributed by atoms with Crippen LogP contribution in [0.15, 0.2) is 40.9 Å². The molecule has 0 bridgehead atoms. The van der Waals surface area contributed by atoms with Crippen LogP contribution < -0.4 is 0 Å². The number of nitrogens with zero attached hydrogens (tertiary/aromatic N) is 1. The smallest absolute Gasteiger partial charge is 0.184 e. The van der Waals surface area contributed by atoms with E-state index in [9.17, 15) is 18.0 Å². The van der Waals surface area contributed by atoms with E-state index in [-0.39, 0.29) is 15.6 Å². The average Bonchev–Trinajstić information content (AvgIpc) is 2.41. The number of hydrogen-bond acceptors (Lipinski definition) is 2. The highest BCUT2D eigenvalue weighted by molar-refractivity contribution is 9.10. The van der Waals surface area contributed by atoms with E-state index in [4.69, 9.17) is 5.26 Å². The van der Waals surface area contributed by atoms with Crippen LogP contribution in [-0.4, -0.2) is 5.78 Å². The normalized spacial score (nSPS) is 11.8. The first kappa shape index (κ1) is 15.3. The van der Waals surface area contributed by atoms with Crippen molar-refractivity contribution in [3.8, 4) is 6.07 Å². The lowest BCUT2D eigenvalue weighted by atomic mass is 9.91. The van der Waals surface area contributed by atoms with Crippen LogP contribution in [0.25, 0.3) is 0 Å². The molecule has 0 aromatic heterocycles. The van der Waals surface area contributed by atoms with Gasteiger partial charge in [0.25, 0.3) is 0 Å². The van der Waals surface area contributed by atoms with Gasteiger partial charge in [-0.25, -0.2) is 13.2 Å². The van der Waals surface area contributed by atoms with Crippen molar-refractivity contribution in [2.45, 2.75) is 5.92 Å². The van der Waals surface area contributed by atoms with Crippen molar-refractivity contribution in [2.75, 3.05) is 0 Å². The second-order valence-electron chi connectivity index (χ2n) is 4.26. The largest absolute Gasteiger partial charge is 0.292 e. The van der Waals surface area contributed by atoms with Crippen LogP contribution in [0.4, 0.5) is 13.2 Å². The van der Waals surface area contributed by atoms with Gasteiger partial charge < -0.3 is 0 Å². The van der Waals surface area contributed by atoms with E-state index in [2.05, 4.69) is 15.9 Å². The predicted octanol–water partition coefficient (Wildman–Crippen LogP) is 4.36. The molecule has 1 atom stereocenters. The van der Waals surface area contributed by atoms with Crippen molar-refractivity contribution in [1.29, 1.82) is 5.26 Å². The van der Waals surface area contributed by atoms with Gasteiger partial charge in [-0.3, -0.25) is 4.79 Å². The van der Waals surface area contributed by atoms with E-state index in [0.717, 1.165) is 18.2 Å². The maximum Gasteiger partial charge on any atom is 0.184 e. The Morgan fingerprint density at radius 1 is 1.10 bits per heavy atom. The summed E-state index contributed by atoms with van der Waals surface area (Å²) in [5.74, 6) is -4.58. The van der Waals surface area contributed by atoms with Gasteiger partial charge in [-0.15, -0.1) is 0 Å². The second-order valence-corrected chi connectivity index (χ2v) is 5.11. The Bertz CT molecular complexity index is 735. The molecule has 0 saturated carbocycles. The minimum atomic E-state index is -1.41. The highest BCUT2D eigenvalue weighted by Gasteiger charge is 2.23. The summed E-state index contributed by atoms with van der Waals surface area (Å²) >= 11 is 2.95. The van der Waals surface area contributed by atoms with Crippen LogP contribution in [0.5, 0.6) is 0 Å². The molecule has 6 heteroatoms. The minimum Gasteiger partial charge on any atom is -0.292 e. The third kappa shape index (κ3) is 3.31. The van der Waals surface area contributed by atoms with E-state index in [1.165, 1.54) is 12.1 Å². The van der Waals surface area contributed by atoms with E-state index in [0.29, 0.717) is 6.07 Å². The molecule has 0 amide bonds. The van der Waals surface area contributed by atoms with Crippen molar-refractivity contribution in [1.82, 2.24) is 0 Å². The van der Waals surface area contributed by atoms with Gasteiger partial charge >= 0.3 is 0 Å². The molecule has 2 aromatic rings. The van der Waals surface area contributed by atoms with E-state index in [1.807, 2.05) is 0 Å². The number of benzene rings is 2. The zero-order chi connectivity index (χ0) is 15.6. The first-order chi connectivity index (χ1) is 9.92. The number of hydrogen-bond donors (Lipinski definition) is 0. The summed E-state index contributed by atoms with van der Waals surface area (Å²) in [6, 6.07) is 7.76. The van der Waals surface area contributed by atoms with E-state index in [1.54, 1.807) is 6.07 Å². The zero-order valence-corrected chi connectivity index (χ0v) is 12.0. The molecule has 2 aromatic carbocycles. The summed E-state index contributed by atoms with van der Waals surface area (Å²) < 4.78 is 40.0. The number of carbonyl (C=O) groups excluding carboxylic acids is 1. The summed E-state index contributed by atoms with van der Waals surface area (Å²) in [5.41, 5.74) is -0.157. The molecule has 0 aliphatic carbocycles. The molecule has 21 heavy (non-hydrogen) atoms. The maximum atomic E-state index is 13.4. The molecular formula is C15H7BrF3NO. The summed E-state index contributed by atoms with van der Waals surface area (Å²) in [6.45, 7) is 0. The average molecular weight is 354 g/mol. The third-order valence-corrected chi connectivity index (χ3v) is 3.46. The van der Waals surface area contributed by atoms with Crippen molar-refractivity contribution in [3.05, 3.63) is 69.4 Å². The lowest BCUT2D eigenvalue weighted by molar-refractivity contribution is 0.0978. The van der Waals surface area contributed by atoms with Crippen LogP contribution in [-0.2, 0) is 0 Å². The van der Waals surface area contributed by atoms with Gasteiger partial charge in [-0.05, 0) is 45.8 Å². The molecule has 2 nitrogen and oxygen atoms in total. The van der Waals surface area contributed by atoms with Crippen LogP contribution in [0.3, 0.4) is 0 Å². The third-order valence-electron chi connectivity index (χ3n) is 2.81. The monoisotopic (exact) mass is 353 g/mol. The van der Waals surface area contributed by atoms with Gasteiger partial charge in [-0.2, -0.15) is 5.26 Å². The maximum absolute atomic E-state index is 13.4. The molecule has 1 unspecified atom stereocenters. The number of carbonyl (C=O) groups is 1. The molecule has 0 spiro atoms. The van der Waals surface area contributed by atoms with Crippen molar-refractivity contribution in [3.63, 3.8) is 0 Å². The van der Waals surface area contributed by atoms with E-state index < -0.39 is 29.2 Å². The Kier molecular flexibility index (Phi) is 4.43. The van der Waals surface area contributed by atoms with Gasteiger partial charge in [-0.1, -0.05) is 6.07 Å². The summed E-state index contributed by atoms with van der Waals surface area (Å²) in [5, 5.41) is 9.10. The zero-order valence-electron chi connectivity index (χ0n) is 10.4. The van der Waals surface area contributed by atoms with Gasteiger partial charge in [0.15, 0.2) is 5.78 Å². The Morgan fingerprint density at radius 2 is 1.71 bits per heavy atom. The van der Waals surface area contributed by atoms with Crippen molar-refractivity contribution >= 4 is 21.7 Å². The standard InChI is InChI=1S/C15H7BrF3NO/c16-13-2-1-8(5-14(13)19)15(21)12(7-20)9-3-10(17)6-11(18)4-9/h1-6,12H. The number of ketones is 1. The quantitative estimate of drug-likeness (QED) is 0.769. The Hall–Kier alpha value is -2.13. The number of halogens is 4. The summed E-state index contributed by atoms with van der Waals surface area (Å²) in [7, 11) is 0.